The summed E-state index contributed by atoms with van der Waals surface area (Å²) in [6.07, 6.45) is 9.03. The first-order chi connectivity index (χ1) is 11.3. The van der Waals surface area contributed by atoms with Gasteiger partial charge in [0.15, 0.2) is 0 Å². The lowest BCUT2D eigenvalue weighted by Gasteiger charge is -2.42. The molecule has 2 unspecified atom stereocenters. The molecule has 3 rings (SSSR count). The zero-order valence-electron chi connectivity index (χ0n) is 15.5. The fraction of sp³-hybridized carbons (Fsp3) is 0.650. The molecule has 0 aromatic rings. The van der Waals surface area contributed by atoms with Crippen LogP contribution < -0.4 is 5.32 Å². The van der Waals surface area contributed by atoms with Gasteiger partial charge in [-0.2, -0.15) is 0 Å². The molecular weight excluding hydrogens is 318 g/mol. The molecular formula is C20H29NO2S. The van der Waals surface area contributed by atoms with Crippen molar-refractivity contribution in [1.29, 1.82) is 0 Å². The van der Waals surface area contributed by atoms with Gasteiger partial charge in [0.05, 0.1) is 11.5 Å². The molecule has 3 aliphatic rings. The molecule has 0 radical (unpaired) electrons. The molecule has 132 valence electrons. The molecule has 2 aliphatic heterocycles. The smallest absolute Gasteiger partial charge is 0.344 e. The highest BCUT2D eigenvalue weighted by Gasteiger charge is 2.43. The van der Waals surface area contributed by atoms with Crippen molar-refractivity contribution in [1.82, 2.24) is 5.32 Å². The Balaban J connectivity index is 1.84. The second-order valence-corrected chi connectivity index (χ2v) is 9.34. The van der Waals surface area contributed by atoms with E-state index in [9.17, 15) is 4.79 Å². The van der Waals surface area contributed by atoms with Crippen LogP contribution in [-0.2, 0) is 9.53 Å². The van der Waals surface area contributed by atoms with Crippen molar-refractivity contribution in [2.45, 2.75) is 65.2 Å². The summed E-state index contributed by atoms with van der Waals surface area (Å²) in [7, 11) is 0. The van der Waals surface area contributed by atoms with Crippen LogP contribution in [-0.4, -0.2) is 17.4 Å². The number of rotatable bonds is 4. The standard InChI is InChI=1S/C20H29NO2S/c1-6-19(3,4)14-8-9-16-13(10-14)11-15-12-17(18(22)23-7-2)24-20(15,5)21-16/h11-12,14,21H,6-10H2,1-5H3. The zero-order valence-corrected chi connectivity index (χ0v) is 16.3. The van der Waals surface area contributed by atoms with Crippen molar-refractivity contribution < 1.29 is 9.53 Å². The lowest BCUT2D eigenvalue weighted by molar-refractivity contribution is -0.137. The summed E-state index contributed by atoms with van der Waals surface area (Å²) in [5.74, 6) is 0.524. The van der Waals surface area contributed by atoms with E-state index in [1.165, 1.54) is 29.7 Å². The maximum atomic E-state index is 12.1. The molecule has 1 aliphatic carbocycles. The van der Waals surface area contributed by atoms with E-state index in [0.29, 0.717) is 16.9 Å². The van der Waals surface area contributed by atoms with E-state index in [1.54, 1.807) is 11.8 Å². The predicted octanol–water partition coefficient (Wildman–Crippen LogP) is 4.92. The van der Waals surface area contributed by atoms with Gasteiger partial charge in [0, 0.05) is 5.70 Å². The fourth-order valence-corrected chi connectivity index (χ4v) is 5.04. The van der Waals surface area contributed by atoms with Gasteiger partial charge in [0.25, 0.3) is 0 Å². The molecule has 0 saturated carbocycles. The third-order valence-corrected chi connectivity index (χ3v) is 7.21. The number of hydrogen-bond acceptors (Lipinski definition) is 4. The average Bonchev–Trinajstić information content (AvgIpc) is 2.88. The Bertz CT molecular complexity index is 644. The highest BCUT2D eigenvalue weighted by atomic mass is 32.2. The van der Waals surface area contributed by atoms with Crippen molar-refractivity contribution in [3.8, 4) is 0 Å². The molecule has 0 bridgehead atoms. The number of fused-ring (bicyclic) bond motifs is 1. The van der Waals surface area contributed by atoms with Crippen LogP contribution in [0.25, 0.3) is 0 Å². The minimum Gasteiger partial charge on any atom is -0.462 e. The SMILES string of the molecule is CCOC(=O)C1=CC2=CC3=C(CCC(C(C)(C)CC)C3)NC2(C)S1. The van der Waals surface area contributed by atoms with Crippen LogP contribution in [0.5, 0.6) is 0 Å². The molecule has 0 spiro atoms. The van der Waals surface area contributed by atoms with Crippen LogP contribution in [0.3, 0.4) is 0 Å². The van der Waals surface area contributed by atoms with Crippen molar-refractivity contribution in [2.24, 2.45) is 11.3 Å². The highest BCUT2D eigenvalue weighted by Crippen LogP contribution is 2.50. The summed E-state index contributed by atoms with van der Waals surface area (Å²) >= 11 is 1.58. The Kier molecular flexibility index (Phi) is 4.63. The van der Waals surface area contributed by atoms with Gasteiger partial charge < -0.3 is 10.1 Å². The summed E-state index contributed by atoms with van der Waals surface area (Å²) in [5.41, 5.74) is 4.38. The molecule has 2 heterocycles. The summed E-state index contributed by atoms with van der Waals surface area (Å²) in [5, 5.41) is 3.73. The van der Waals surface area contributed by atoms with Crippen LogP contribution in [0.2, 0.25) is 0 Å². The fourth-order valence-electron chi connectivity index (χ4n) is 3.86. The first kappa shape index (κ1) is 17.7. The van der Waals surface area contributed by atoms with Gasteiger partial charge in [-0.05, 0) is 61.7 Å². The number of thioether (sulfide) groups is 1. The van der Waals surface area contributed by atoms with Gasteiger partial charge in [0.2, 0.25) is 0 Å². The predicted molar refractivity (Wildman–Crippen MR) is 100 cm³/mol. The van der Waals surface area contributed by atoms with Crippen molar-refractivity contribution in [3.05, 3.63) is 33.9 Å². The maximum Gasteiger partial charge on any atom is 0.344 e. The third-order valence-electron chi connectivity index (χ3n) is 5.96. The number of allylic oxidation sites excluding steroid dienone is 3. The van der Waals surface area contributed by atoms with Gasteiger partial charge in [-0.1, -0.05) is 45.0 Å². The number of ether oxygens (including phenoxy) is 1. The Morgan fingerprint density at radius 3 is 2.83 bits per heavy atom. The lowest BCUT2D eigenvalue weighted by atomic mass is 9.68. The number of esters is 1. The number of carbonyl (C=O) groups is 1. The monoisotopic (exact) mass is 347 g/mol. The molecule has 0 amide bonds. The third kappa shape index (κ3) is 3.05. The molecule has 1 N–H and O–H groups in total. The Morgan fingerprint density at radius 1 is 1.42 bits per heavy atom. The van der Waals surface area contributed by atoms with E-state index < -0.39 is 0 Å². The van der Waals surface area contributed by atoms with E-state index in [1.807, 2.05) is 13.0 Å². The normalized spacial score (nSPS) is 29.3. The molecule has 0 aromatic carbocycles. The van der Waals surface area contributed by atoms with Gasteiger partial charge in [-0.3, -0.25) is 0 Å². The minimum absolute atomic E-state index is 0.205. The van der Waals surface area contributed by atoms with Gasteiger partial charge in [-0.15, -0.1) is 0 Å². The van der Waals surface area contributed by atoms with E-state index >= 15 is 0 Å². The minimum atomic E-state index is -0.228. The van der Waals surface area contributed by atoms with Crippen LogP contribution in [0.1, 0.15) is 60.3 Å². The maximum absolute atomic E-state index is 12.1. The number of carbonyl (C=O) groups excluding carboxylic acids is 1. The number of nitrogens with one attached hydrogen (secondary N) is 1. The summed E-state index contributed by atoms with van der Waals surface area (Å²) in [4.78, 5) is 12.6. The van der Waals surface area contributed by atoms with E-state index in [2.05, 4.69) is 39.1 Å². The summed E-state index contributed by atoms with van der Waals surface area (Å²) in [6.45, 7) is 11.5. The van der Waals surface area contributed by atoms with E-state index in [-0.39, 0.29) is 10.8 Å². The van der Waals surface area contributed by atoms with Crippen molar-refractivity contribution in [3.63, 3.8) is 0 Å². The van der Waals surface area contributed by atoms with Crippen LogP contribution in [0.4, 0.5) is 0 Å². The zero-order chi connectivity index (χ0) is 17.5. The molecule has 3 nitrogen and oxygen atoms in total. The van der Waals surface area contributed by atoms with Crippen LogP contribution in [0.15, 0.2) is 33.9 Å². The van der Waals surface area contributed by atoms with Crippen LogP contribution >= 0.6 is 11.8 Å². The van der Waals surface area contributed by atoms with Gasteiger partial charge >= 0.3 is 5.97 Å². The second kappa shape index (κ2) is 6.29. The molecule has 0 saturated heterocycles. The van der Waals surface area contributed by atoms with E-state index in [4.69, 9.17) is 4.74 Å². The van der Waals surface area contributed by atoms with Gasteiger partial charge in [0.1, 0.15) is 4.87 Å². The molecule has 4 heteroatoms. The van der Waals surface area contributed by atoms with Crippen molar-refractivity contribution >= 4 is 17.7 Å². The summed E-state index contributed by atoms with van der Waals surface area (Å²) in [6, 6.07) is 0. The topological polar surface area (TPSA) is 38.3 Å². The molecule has 0 fully saturated rings. The first-order valence-electron chi connectivity index (χ1n) is 9.09. The van der Waals surface area contributed by atoms with Crippen LogP contribution in [0, 0.1) is 11.3 Å². The summed E-state index contributed by atoms with van der Waals surface area (Å²) < 4.78 is 5.18. The quantitative estimate of drug-likeness (QED) is 0.733. The lowest BCUT2D eigenvalue weighted by Crippen LogP contribution is -2.43. The average molecular weight is 348 g/mol. The van der Waals surface area contributed by atoms with E-state index in [0.717, 1.165) is 18.8 Å². The molecule has 24 heavy (non-hydrogen) atoms. The van der Waals surface area contributed by atoms with Crippen molar-refractivity contribution in [2.75, 3.05) is 6.61 Å². The number of hydrogen-bond donors (Lipinski definition) is 1. The Hall–Kier alpha value is -1.16. The second-order valence-electron chi connectivity index (χ2n) is 7.87. The molecule has 0 aromatic heterocycles. The Morgan fingerprint density at radius 2 is 2.17 bits per heavy atom. The number of dihydropyridines is 1. The Labute approximate surface area is 150 Å². The largest absolute Gasteiger partial charge is 0.462 e. The molecule has 2 atom stereocenters. The first-order valence-corrected chi connectivity index (χ1v) is 9.91. The van der Waals surface area contributed by atoms with Gasteiger partial charge in [-0.25, -0.2) is 4.79 Å². The highest BCUT2D eigenvalue weighted by molar-refractivity contribution is 8.05.